The molecule has 3 aliphatic rings. The van der Waals surface area contributed by atoms with Crippen LogP contribution >= 0.6 is 0 Å². The fourth-order valence-electron chi connectivity index (χ4n) is 2.68. The maximum atomic E-state index is 12.8. The molecule has 2 atom stereocenters. The van der Waals surface area contributed by atoms with Gasteiger partial charge in [-0.05, 0) is 46.3 Å². The Bertz CT molecular complexity index is 627. The Balaban J connectivity index is 2.53. The smallest absolute Gasteiger partial charge is 0.432 e. The van der Waals surface area contributed by atoms with Crippen LogP contribution in [0.5, 0.6) is 0 Å². The number of nitrogens with zero attached hydrogens (tertiary/aromatic N) is 2. The van der Waals surface area contributed by atoms with Crippen molar-refractivity contribution < 1.29 is 28.6 Å². The summed E-state index contributed by atoms with van der Waals surface area (Å²) in [6.45, 7) is 8.86. The summed E-state index contributed by atoms with van der Waals surface area (Å²) < 4.78 is 16.3. The van der Waals surface area contributed by atoms with Crippen LogP contribution in [-0.4, -0.2) is 58.6 Å². The van der Waals surface area contributed by atoms with Crippen LogP contribution in [0.15, 0.2) is 24.3 Å². The van der Waals surface area contributed by atoms with E-state index in [-0.39, 0.29) is 6.61 Å². The SMILES string of the molecule is CCCO[C@]12C=C[C@H](C=CC1=O)N(C(=O)OC(C)C)N2C(=O)OC(C)C. The van der Waals surface area contributed by atoms with E-state index >= 15 is 0 Å². The first-order chi connectivity index (χ1) is 12.2. The molecule has 0 unspecified atom stereocenters. The van der Waals surface area contributed by atoms with Crippen molar-refractivity contribution in [3.05, 3.63) is 24.3 Å². The minimum Gasteiger partial charge on any atom is -0.445 e. The number of ether oxygens (including phenoxy) is 3. The van der Waals surface area contributed by atoms with E-state index in [1.807, 2.05) is 6.92 Å². The van der Waals surface area contributed by atoms with Gasteiger partial charge >= 0.3 is 12.2 Å². The van der Waals surface area contributed by atoms with Crippen molar-refractivity contribution in [2.24, 2.45) is 0 Å². The second-order valence-electron chi connectivity index (χ2n) is 6.64. The highest BCUT2D eigenvalue weighted by molar-refractivity contribution is 6.02. The molecule has 2 amide bonds. The molecule has 8 heteroatoms. The van der Waals surface area contributed by atoms with Gasteiger partial charge in [0.15, 0.2) is 0 Å². The number of carbonyl (C=O) groups excluding carboxylic acids is 3. The van der Waals surface area contributed by atoms with Crippen molar-refractivity contribution in [3.8, 4) is 0 Å². The summed E-state index contributed by atoms with van der Waals surface area (Å²) >= 11 is 0. The molecule has 2 bridgehead atoms. The first-order valence-electron chi connectivity index (χ1n) is 8.79. The van der Waals surface area contributed by atoms with E-state index in [1.54, 1.807) is 33.8 Å². The van der Waals surface area contributed by atoms with Crippen LogP contribution in [0, 0.1) is 0 Å². The van der Waals surface area contributed by atoms with Crippen molar-refractivity contribution in [2.75, 3.05) is 6.61 Å². The Morgan fingerprint density at radius 1 is 1.12 bits per heavy atom. The number of rotatable bonds is 5. The lowest BCUT2D eigenvalue weighted by molar-refractivity contribution is -0.194. The van der Waals surface area contributed by atoms with E-state index < -0.39 is 41.9 Å². The van der Waals surface area contributed by atoms with Gasteiger partial charge in [-0.25, -0.2) is 9.59 Å². The van der Waals surface area contributed by atoms with E-state index in [0.717, 1.165) is 10.0 Å². The molecule has 0 saturated heterocycles. The normalized spacial score (nSPS) is 24.4. The molecule has 0 fully saturated rings. The maximum Gasteiger partial charge on any atom is 0.432 e. The summed E-state index contributed by atoms with van der Waals surface area (Å²) in [5.41, 5.74) is -1.78. The molecular formula is C18H26N2O6. The first-order valence-corrected chi connectivity index (χ1v) is 8.79. The third kappa shape index (κ3) is 3.75. The molecule has 0 aromatic carbocycles. The molecule has 3 rings (SSSR count). The lowest BCUT2D eigenvalue weighted by Gasteiger charge is -2.47. The Morgan fingerprint density at radius 2 is 1.73 bits per heavy atom. The lowest BCUT2D eigenvalue weighted by atomic mass is 10.1. The molecular weight excluding hydrogens is 340 g/mol. The van der Waals surface area contributed by atoms with Gasteiger partial charge in [0.2, 0.25) is 11.5 Å². The molecule has 2 heterocycles. The molecule has 0 saturated carbocycles. The van der Waals surface area contributed by atoms with Crippen LogP contribution in [-0.2, 0) is 19.0 Å². The number of ketones is 1. The van der Waals surface area contributed by atoms with Gasteiger partial charge in [-0.3, -0.25) is 4.79 Å². The Hall–Kier alpha value is -2.35. The number of hydrazine groups is 1. The molecule has 0 spiro atoms. The summed E-state index contributed by atoms with van der Waals surface area (Å²) in [5, 5.41) is 2.00. The summed E-state index contributed by atoms with van der Waals surface area (Å²) in [6.07, 6.45) is 4.14. The van der Waals surface area contributed by atoms with Crippen LogP contribution in [0.25, 0.3) is 0 Å². The van der Waals surface area contributed by atoms with Gasteiger partial charge in [-0.15, -0.1) is 0 Å². The highest BCUT2D eigenvalue weighted by Gasteiger charge is 2.56. The van der Waals surface area contributed by atoms with Crippen molar-refractivity contribution in [1.82, 2.24) is 10.0 Å². The van der Waals surface area contributed by atoms with Crippen LogP contribution in [0.4, 0.5) is 9.59 Å². The Morgan fingerprint density at radius 3 is 2.31 bits per heavy atom. The number of carbonyl (C=O) groups is 3. The van der Waals surface area contributed by atoms with Gasteiger partial charge in [-0.2, -0.15) is 10.0 Å². The molecule has 26 heavy (non-hydrogen) atoms. The van der Waals surface area contributed by atoms with Gasteiger partial charge in [0, 0.05) is 0 Å². The number of hydrogen-bond donors (Lipinski definition) is 0. The summed E-state index contributed by atoms with van der Waals surface area (Å²) in [6, 6.07) is -0.661. The van der Waals surface area contributed by atoms with Gasteiger partial charge in [0.05, 0.1) is 24.9 Å². The molecule has 0 aromatic rings. The molecule has 1 aliphatic carbocycles. The predicted molar refractivity (Wildman–Crippen MR) is 93.0 cm³/mol. The fraction of sp³-hybridized carbons (Fsp3) is 0.611. The maximum absolute atomic E-state index is 12.8. The minimum absolute atomic E-state index is 0.215. The molecule has 0 aromatic heterocycles. The number of fused-ring (bicyclic) bond motifs is 2. The average molecular weight is 366 g/mol. The Kier molecular flexibility index (Phi) is 6.07. The van der Waals surface area contributed by atoms with Crippen molar-refractivity contribution in [3.63, 3.8) is 0 Å². The second-order valence-corrected chi connectivity index (χ2v) is 6.64. The average Bonchev–Trinajstić information content (AvgIpc) is 2.77. The molecule has 8 nitrogen and oxygen atoms in total. The fourth-order valence-corrected chi connectivity index (χ4v) is 2.68. The lowest BCUT2D eigenvalue weighted by Crippen LogP contribution is -2.68. The summed E-state index contributed by atoms with van der Waals surface area (Å²) in [4.78, 5) is 38.3. The zero-order valence-corrected chi connectivity index (χ0v) is 15.8. The quantitative estimate of drug-likeness (QED) is 0.696. The monoisotopic (exact) mass is 366 g/mol. The van der Waals surface area contributed by atoms with E-state index in [1.165, 1.54) is 18.2 Å². The summed E-state index contributed by atoms with van der Waals surface area (Å²) in [5.74, 6) is -0.467. The molecule has 2 aliphatic heterocycles. The van der Waals surface area contributed by atoms with Gasteiger partial charge in [0.25, 0.3) is 0 Å². The Labute approximate surface area is 153 Å². The standard InChI is InChI=1S/C18H26N2O6/c1-6-11-24-18-10-9-14(7-8-15(18)21)19(16(22)25-12(2)3)20(18)17(23)26-13(4)5/h7-10,12-14H,6,11H2,1-5H3/t14-,18+/m0/s1. The summed E-state index contributed by atoms with van der Waals surface area (Å²) in [7, 11) is 0. The molecule has 144 valence electrons. The minimum atomic E-state index is -1.78. The largest absolute Gasteiger partial charge is 0.445 e. The molecule has 0 N–H and O–H groups in total. The number of hydrogen-bond acceptors (Lipinski definition) is 6. The van der Waals surface area contributed by atoms with Crippen LogP contribution in [0.3, 0.4) is 0 Å². The predicted octanol–water partition coefficient (Wildman–Crippen LogP) is 2.80. The van der Waals surface area contributed by atoms with Crippen molar-refractivity contribution in [2.45, 2.75) is 65.0 Å². The molecule has 0 radical (unpaired) electrons. The van der Waals surface area contributed by atoms with E-state index in [0.29, 0.717) is 6.42 Å². The topological polar surface area (TPSA) is 85.4 Å². The zero-order valence-electron chi connectivity index (χ0n) is 15.8. The number of amides is 2. The van der Waals surface area contributed by atoms with Crippen LogP contribution < -0.4 is 0 Å². The van der Waals surface area contributed by atoms with E-state index in [2.05, 4.69) is 0 Å². The zero-order chi connectivity index (χ0) is 19.5. The highest BCUT2D eigenvalue weighted by atomic mass is 16.6. The third-order valence-electron chi connectivity index (χ3n) is 3.69. The van der Waals surface area contributed by atoms with Gasteiger partial charge in [-0.1, -0.05) is 19.1 Å². The third-order valence-corrected chi connectivity index (χ3v) is 3.69. The van der Waals surface area contributed by atoms with Crippen LogP contribution in [0.1, 0.15) is 41.0 Å². The van der Waals surface area contributed by atoms with Crippen molar-refractivity contribution in [1.29, 1.82) is 0 Å². The van der Waals surface area contributed by atoms with E-state index in [9.17, 15) is 14.4 Å². The highest BCUT2D eigenvalue weighted by Crippen LogP contribution is 2.35. The van der Waals surface area contributed by atoms with Gasteiger partial charge in [0.1, 0.15) is 0 Å². The second kappa shape index (κ2) is 7.90. The van der Waals surface area contributed by atoms with Crippen molar-refractivity contribution >= 4 is 18.0 Å². The van der Waals surface area contributed by atoms with Crippen LogP contribution in [0.2, 0.25) is 0 Å². The van der Waals surface area contributed by atoms with E-state index in [4.69, 9.17) is 14.2 Å². The van der Waals surface area contributed by atoms with Gasteiger partial charge < -0.3 is 14.2 Å². The first kappa shape index (κ1) is 20.0.